The molecule has 1 N–H and O–H groups in total. The van der Waals surface area contributed by atoms with E-state index < -0.39 is 0 Å². The lowest BCUT2D eigenvalue weighted by Crippen LogP contribution is -2.33. The summed E-state index contributed by atoms with van der Waals surface area (Å²) in [6, 6.07) is 12.0. The van der Waals surface area contributed by atoms with E-state index in [4.69, 9.17) is 14.8 Å². The molecule has 1 fully saturated rings. The number of hydrogen-bond acceptors (Lipinski definition) is 6. The number of hydrogen-bond donors (Lipinski definition) is 1. The largest absolute Gasteiger partial charge is 0.494 e. The Kier molecular flexibility index (Phi) is 6.20. The highest BCUT2D eigenvalue weighted by molar-refractivity contribution is 5.85. The lowest BCUT2D eigenvalue weighted by Gasteiger charge is -2.26. The molecule has 0 bridgehead atoms. The minimum Gasteiger partial charge on any atom is -0.494 e. The van der Waals surface area contributed by atoms with Crippen LogP contribution in [0.15, 0.2) is 42.7 Å². The first-order valence-corrected chi connectivity index (χ1v) is 11.6. The number of aromatic nitrogens is 5. The number of likely N-dealkylation sites (tertiary alicyclic amines) is 1. The van der Waals surface area contributed by atoms with Crippen LogP contribution in [0.4, 0.5) is 5.82 Å². The first-order valence-electron chi connectivity index (χ1n) is 11.6. The van der Waals surface area contributed by atoms with Crippen LogP contribution in [0.25, 0.3) is 16.8 Å². The second kappa shape index (κ2) is 9.56. The van der Waals surface area contributed by atoms with E-state index in [2.05, 4.69) is 21.3 Å². The highest BCUT2D eigenvalue weighted by atomic mass is 16.5. The number of para-hydroxylation sites is 1. The fourth-order valence-corrected chi connectivity index (χ4v) is 4.38. The monoisotopic (exact) mass is 433 g/mol. The summed E-state index contributed by atoms with van der Waals surface area (Å²) >= 11 is 0. The second-order valence-corrected chi connectivity index (χ2v) is 8.49. The van der Waals surface area contributed by atoms with Gasteiger partial charge in [-0.25, -0.2) is 9.97 Å². The Balaban J connectivity index is 1.27. The van der Waals surface area contributed by atoms with E-state index in [-0.39, 0.29) is 0 Å². The molecule has 0 amide bonds. The zero-order valence-corrected chi connectivity index (χ0v) is 18.7. The van der Waals surface area contributed by atoms with Crippen molar-refractivity contribution in [2.24, 2.45) is 7.05 Å². The Morgan fingerprint density at radius 3 is 2.78 bits per heavy atom. The highest BCUT2D eigenvalue weighted by Crippen LogP contribution is 2.22. The third-order valence-electron chi connectivity index (χ3n) is 6.06. The first-order chi connectivity index (χ1) is 15.8. The summed E-state index contributed by atoms with van der Waals surface area (Å²) in [5.74, 6) is 1.74. The fraction of sp³-hybridized carbons (Fsp3) is 0.458. The normalized spacial score (nSPS) is 14.9. The van der Waals surface area contributed by atoms with Crippen molar-refractivity contribution in [3.05, 3.63) is 48.4 Å². The van der Waals surface area contributed by atoms with Crippen molar-refractivity contribution in [3.8, 4) is 5.75 Å². The number of rotatable bonds is 9. The van der Waals surface area contributed by atoms with Gasteiger partial charge in [0.25, 0.3) is 0 Å². The maximum atomic E-state index is 5.81. The van der Waals surface area contributed by atoms with Crippen LogP contribution in [0.2, 0.25) is 0 Å². The number of benzene rings is 1. The molecule has 8 heteroatoms. The SMILES string of the molecule is Cn1cnc2c(NCCN3CCCCC3)nc3cc(CCCOc4ccccc4)nn3c21. The third kappa shape index (κ3) is 4.55. The molecule has 1 aliphatic rings. The second-order valence-electron chi connectivity index (χ2n) is 8.49. The van der Waals surface area contributed by atoms with Crippen LogP contribution >= 0.6 is 0 Å². The van der Waals surface area contributed by atoms with Gasteiger partial charge in [-0.1, -0.05) is 24.6 Å². The number of ether oxygens (including phenoxy) is 1. The Bertz CT molecular complexity index is 1160. The molecule has 0 spiro atoms. The number of fused-ring (bicyclic) bond motifs is 3. The smallest absolute Gasteiger partial charge is 0.167 e. The molecule has 3 aromatic heterocycles. The maximum absolute atomic E-state index is 5.81. The van der Waals surface area contributed by atoms with Crippen molar-refractivity contribution >= 4 is 22.6 Å². The molecular formula is C24H31N7O. The zero-order valence-electron chi connectivity index (χ0n) is 18.7. The predicted octanol–water partition coefficient (Wildman–Crippen LogP) is 3.53. The van der Waals surface area contributed by atoms with Gasteiger partial charge >= 0.3 is 0 Å². The van der Waals surface area contributed by atoms with Crippen LogP contribution in [-0.2, 0) is 13.5 Å². The Morgan fingerprint density at radius 1 is 1.09 bits per heavy atom. The van der Waals surface area contributed by atoms with E-state index in [0.29, 0.717) is 6.61 Å². The Morgan fingerprint density at radius 2 is 1.94 bits per heavy atom. The number of aryl methyl sites for hydroxylation is 2. The molecule has 4 aromatic rings. The van der Waals surface area contributed by atoms with Gasteiger partial charge in [0.1, 0.15) is 5.75 Å². The molecule has 0 saturated carbocycles. The van der Waals surface area contributed by atoms with E-state index in [1.54, 1.807) is 0 Å². The van der Waals surface area contributed by atoms with Crippen molar-refractivity contribution in [1.82, 2.24) is 29.0 Å². The minimum atomic E-state index is 0.662. The van der Waals surface area contributed by atoms with E-state index in [9.17, 15) is 0 Å². The molecule has 0 radical (unpaired) electrons. The zero-order chi connectivity index (χ0) is 21.8. The predicted molar refractivity (Wildman–Crippen MR) is 126 cm³/mol. The van der Waals surface area contributed by atoms with Crippen LogP contribution in [0.3, 0.4) is 0 Å². The number of nitrogens with zero attached hydrogens (tertiary/aromatic N) is 6. The number of piperidine rings is 1. The lowest BCUT2D eigenvalue weighted by molar-refractivity contribution is 0.237. The van der Waals surface area contributed by atoms with Gasteiger partial charge in [-0.15, -0.1) is 0 Å². The molecular weight excluding hydrogens is 402 g/mol. The van der Waals surface area contributed by atoms with Crippen LogP contribution < -0.4 is 10.1 Å². The quantitative estimate of drug-likeness (QED) is 0.407. The molecule has 168 valence electrons. The lowest BCUT2D eigenvalue weighted by atomic mass is 10.1. The molecule has 1 aliphatic heterocycles. The van der Waals surface area contributed by atoms with Gasteiger partial charge in [0.2, 0.25) is 0 Å². The summed E-state index contributed by atoms with van der Waals surface area (Å²) in [5, 5.41) is 8.35. The maximum Gasteiger partial charge on any atom is 0.167 e. The van der Waals surface area contributed by atoms with Gasteiger partial charge in [0.05, 0.1) is 18.6 Å². The van der Waals surface area contributed by atoms with E-state index in [0.717, 1.165) is 60.0 Å². The van der Waals surface area contributed by atoms with Gasteiger partial charge in [-0.05, 0) is 50.9 Å². The number of imidazole rings is 1. The standard InChI is InChI=1S/C24H31N7O/c1-29-18-26-22-23(25-12-15-30-13-6-3-7-14-30)27-21-17-19(28-31(21)24(22)29)9-8-16-32-20-10-4-2-5-11-20/h2,4-5,10-11,17-18H,3,6-9,12-16H2,1H3,(H,25,27). The Hall–Kier alpha value is -3.13. The van der Waals surface area contributed by atoms with Crippen molar-refractivity contribution in [3.63, 3.8) is 0 Å². The van der Waals surface area contributed by atoms with Crippen LogP contribution in [0.5, 0.6) is 5.75 Å². The fourth-order valence-electron chi connectivity index (χ4n) is 4.38. The topological polar surface area (TPSA) is 72.5 Å². The number of anilines is 1. The molecule has 1 aromatic carbocycles. The summed E-state index contributed by atoms with van der Waals surface area (Å²) in [7, 11) is 2.00. The molecule has 32 heavy (non-hydrogen) atoms. The molecule has 8 nitrogen and oxygen atoms in total. The van der Waals surface area contributed by atoms with E-state index in [1.165, 1.54) is 32.4 Å². The molecule has 0 atom stereocenters. The van der Waals surface area contributed by atoms with Crippen LogP contribution in [0.1, 0.15) is 31.4 Å². The molecule has 0 unspecified atom stereocenters. The Labute approximate surface area is 188 Å². The first kappa shape index (κ1) is 20.8. The van der Waals surface area contributed by atoms with Crippen molar-refractivity contribution < 1.29 is 4.74 Å². The van der Waals surface area contributed by atoms with Crippen molar-refractivity contribution in [2.45, 2.75) is 32.1 Å². The van der Waals surface area contributed by atoms with Crippen molar-refractivity contribution in [1.29, 1.82) is 0 Å². The van der Waals surface area contributed by atoms with Crippen LogP contribution in [0, 0.1) is 0 Å². The molecule has 5 rings (SSSR count). The molecule has 0 aliphatic carbocycles. The van der Waals surface area contributed by atoms with Gasteiger partial charge < -0.3 is 19.5 Å². The van der Waals surface area contributed by atoms with Gasteiger partial charge in [0.15, 0.2) is 22.6 Å². The third-order valence-corrected chi connectivity index (χ3v) is 6.06. The van der Waals surface area contributed by atoms with Crippen molar-refractivity contribution in [2.75, 3.05) is 38.1 Å². The van der Waals surface area contributed by atoms with Crippen LogP contribution in [-0.4, -0.2) is 61.8 Å². The highest BCUT2D eigenvalue weighted by Gasteiger charge is 2.16. The molecule has 4 heterocycles. The van der Waals surface area contributed by atoms with E-state index in [1.807, 2.05) is 52.8 Å². The molecule has 1 saturated heterocycles. The van der Waals surface area contributed by atoms with Gasteiger partial charge in [-0.3, -0.25) is 0 Å². The average Bonchev–Trinajstić information content (AvgIpc) is 3.41. The summed E-state index contributed by atoms with van der Waals surface area (Å²) in [5.41, 5.74) is 3.69. The minimum absolute atomic E-state index is 0.662. The number of nitrogens with one attached hydrogen (secondary N) is 1. The summed E-state index contributed by atoms with van der Waals surface area (Å²) in [4.78, 5) is 12.0. The average molecular weight is 434 g/mol. The van der Waals surface area contributed by atoms with Gasteiger partial charge in [-0.2, -0.15) is 9.61 Å². The van der Waals surface area contributed by atoms with E-state index >= 15 is 0 Å². The van der Waals surface area contributed by atoms with Gasteiger partial charge in [0, 0.05) is 26.2 Å². The summed E-state index contributed by atoms with van der Waals surface area (Å²) in [6.07, 6.45) is 7.55. The summed E-state index contributed by atoms with van der Waals surface area (Å²) in [6.45, 7) is 4.97. The summed E-state index contributed by atoms with van der Waals surface area (Å²) < 4.78 is 9.73.